The van der Waals surface area contributed by atoms with E-state index < -0.39 is 0 Å². The van der Waals surface area contributed by atoms with Crippen molar-refractivity contribution in [2.75, 3.05) is 6.54 Å². The highest BCUT2D eigenvalue weighted by atomic mass is 16.1. The minimum Gasteiger partial charge on any atom is -0.305 e. The van der Waals surface area contributed by atoms with Gasteiger partial charge in [-0.3, -0.25) is 14.7 Å². The fraction of sp³-hybridized carbons (Fsp3) is 0.217. The molecule has 0 aromatic carbocycles. The first-order valence-corrected chi connectivity index (χ1v) is 10.0. The first-order chi connectivity index (χ1) is 14.7. The maximum Gasteiger partial charge on any atom is 0.254 e. The average Bonchev–Trinajstić information content (AvgIpc) is 3.22. The monoisotopic (exact) mass is 398 g/mol. The fourth-order valence-corrected chi connectivity index (χ4v) is 3.96. The number of aromatic nitrogens is 5. The molecule has 0 atom stereocenters. The summed E-state index contributed by atoms with van der Waals surface area (Å²) in [5, 5.41) is 0. The molecule has 0 spiro atoms. The van der Waals surface area contributed by atoms with Crippen molar-refractivity contribution in [3.63, 3.8) is 0 Å². The molecular formula is C23H22N6O. The summed E-state index contributed by atoms with van der Waals surface area (Å²) in [5.74, 6) is 1.47. The van der Waals surface area contributed by atoms with Crippen molar-refractivity contribution in [2.45, 2.75) is 26.4 Å². The molecule has 1 aliphatic rings. The Balaban J connectivity index is 1.42. The van der Waals surface area contributed by atoms with Crippen molar-refractivity contribution in [3.8, 4) is 17.3 Å². The number of nitrogens with one attached hydrogen (secondary N) is 1. The van der Waals surface area contributed by atoms with Crippen LogP contribution in [0.2, 0.25) is 0 Å². The van der Waals surface area contributed by atoms with Gasteiger partial charge in [-0.1, -0.05) is 12.1 Å². The van der Waals surface area contributed by atoms with Crippen molar-refractivity contribution < 1.29 is 0 Å². The van der Waals surface area contributed by atoms with E-state index in [0.29, 0.717) is 24.5 Å². The molecule has 7 nitrogen and oxygen atoms in total. The van der Waals surface area contributed by atoms with E-state index in [2.05, 4.69) is 43.5 Å². The van der Waals surface area contributed by atoms with Gasteiger partial charge in [-0.25, -0.2) is 9.97 Å². The lowest BCUT2D eigenvalue weighted by Gasteiger charge is -2.28. The van der Waals surface area contributed by atoms with Crippen LogP contribution in [0.25, 0.3) is 17.3 Å². The lowest BCUT2D eigenvalue weighted by atomic mass is 10.1. The molecule has 1 N–H and O–H groups in total. The molecule has 150 valence electrons. The number of pyridine rings is 2. The van der Waals surface area contributed by atoms with E-state index >= 15 is 0 Å². The Bertz CT molecular complexity index is 1240. The fourth-order valence-electron chi connectivity index (χ4n) is 3.96. The van der Waals surface area contributed by atoms with Crippen LogP contribution in [0.4, 0.5) is 0 Å². The summed E-state index contributed by atoms with van der Waals surface area (Å²) in [6, 6.07) is 13.8. The number of hydrogen-bond acceptors (Lipinski definition) is 5. The molecule has 0 saturated heterocycles. The summed E-state index contributed by atoms with van der Waals surface area (Å²) in [6.07, 6.45) is 6.25. The van der Waals surface area contributed by atoms with Crippen LogP contribution in [0.3, 0.4) is 0 Å². The van der Waals surface area contributed by atoms with Gasteiger partial charge in [0, 0.05) is 49.5 Å². The topological polar surface area (TPSA) is 79.7 Å². The zero-order valence-corrected chi connectivity index (χ0v) is 16.7. The molecule has 4 aromatic rings. The predicted molar refractivity (Wildman–Crippen MR) is 114 cm³/mol. The lowest BCUT2D eigenvalue weighted by Crippen LogP contribution is -2.35. The largest absolute Gasteiger partial charge is 0.305 e. The number of aryl methyl sites for hydroxylation is 1. The SMILES string of the molecule is Cc1cccnc1-n1cccc1CN1CCc2c(nc(-c3ccccn3)[nH]c2=O)C1. The van der Waals surface area contributed by atoms with Gasteiger partial charge in [0.1, 0.15) is 11.5 Å². The van der Waals surface area contributed by atoms with Crippen LogP contribution >= 0.6 is 0 Å². The first-order valence-electron chi connectivity index (χ1n) is 10.0. The molecule has 0 bridgehead atoms. The summed E-state index contributed by atoms with van der Waals surface area (Å²) < 4.78 is 2.13. The molecule has 0 fully saturated rings. The van der Waals surface area contributed by atoms with Crippen LogP contribution in [0.1, 0.15) is 22.5 Å². The smallest absolute Gasteiger partial charge is 0.254 e. The average molecular weight is 398 g/mol. The van der Waals surface area contributed by atoms with Gasteiger partial charge in [-0.2, -0.15) is 0 Å². The minimum atomic E-state index is -0.0622. The molecule has 30 heavy (non-hydrogen) atoms. The standard InChI is InChI=1S/C23H22N6O/c1-16-6-4-11-25-22(16)29-12-5-7-17(29)14-28-13-9-18-20(15-28)26-21(27-23(18)30)19-8-2-3-10-24-19/h2-8,10-12H,9,13-15H2,1H3,(H,26,27,30). The van der Waals surface area contributed by atoms with Crippen LogP contribution in [0, 0.1) is 6.92 Å². The number of rotatable bonds is 4. The zero-order valence-electron chi connectivity index (χ0n) is 16.7. The Labute approximate surface area is 174 Å². The Morgan fingerprint density at radius 3 is 2.80 bits per heavy atom. The van der Waals surface area contributed by atoms with Crippen LogP contribution in [0.5, 0.6) is 0 Å². The van der Waals surface area contributed by atoms with Gasteiger partial charge in [0.05, 0.1) is 5.69 Å². The van der Waals surface area contributed by atoms with Gasteiger partial charge in [-0.05, 0) is 49.2 Å². The molecule has 0 saturated carbocycles. The summed E-state index contributed by atoms with van der Waals surface area (Å²) in [7, 11) is 0. The number of aromatic amines is 1. The Kier molecular flexibility index (Phi) is 4.72. The number of H-pyrrole nitrogens is 1. The van der Waals surface area contributed by atoms with Crippen molar-refractivity contribution in [3.05, 3.63) is 93.9 Å². The van der Waals surface area contributed by atoms with Gasteiger partial charge >= 0.3 is 0 Å². The molecule has 5 heterocycles. The third-order valence-corrected chi connectivity index (χ3v) is 5.49. The second-order valence-electron chi connectivity index (χ2n) is 7.53. The first kappa shape index (κ1) is 18.4. The quantitative estimate of drug-likeness (QED) is 0.572. The zero-order chi connectivity index (χ0) is 20.5. The van der Waals surface area contributed by atoms with Crippen molar-refractivity contribution >= 4 is 0 Å². The molecule has 7 heteroatoms. The number of nitrogens with zero attached hydrogens (tertiary/aromatic N) is 5. The Hall–Kier alpha value is -3.58. The van der Waals surface area contributed by atoms with Gasteiger partial charge < -0.3 is 9.55 Å². The Morgan fingerprint density at radius 1 is 1.07 bits per heavy atom. The van der Waals surface area contributed by atoms with E-state index in [9.17, 15) is 4.79 Å². The van der Waals surface area contributed by atoms with E-state index in [1.807, 2.05) is 42.7 Å². The van der Waals surface area contributed by atoms with E-state index in [1.54, 1.807) is 6.20 Å². The van der Waals surface area contributed by atoms with Crippen LogP contribution in [-0.2, 0) is 19.5 Å². The molecule has 0 aliphatic carbocycles. The molecule has 0 unspecified atom stereocenters. The van der Waals surface area contributed by atoms with Crippen molar-refractivity contribution in [1.29, 1.82) is 0 Å². The van der Waals surface area contributed by atoms with Crippen LogP contribution in [-0.4, -0.2) is 35.9 Å². The van der Waals surface area contributed by atoms with Gasteiger partial charge in [-0.15, -0.1) is 0 Å². The number of fused-ring (bicyclic) bond motifs is 1. The molecular weight excluding hydrogens is 376 g/mol. The summed E-state index contributed by atoms with van der Waals surface area (Å²) >= 11 is 0. The minimum absolute atomic E-state index is 0.0622. The third kappa shape index (κ3) is 3.44. The normalized spacial score (nSPS) is 13.9. The summed E-state index contributed by atoms with van der Waals surface area (Å²) in [5.41, 5.74) is 4.52. The van der Waals surface area contributed by atoms with Crippen molar-refractivity contribution in [1.82, 2.24) is 29.4 Å². The molecule has 0 radical (unpaired) electrons. The van der Waals surface area contributed by atoms with Crippen LogP contribution < -0.4 is 5.56 Å². The molecule has 5 rings (SSSR count). The van der Waals surface area contributed by atoms with E-state index in [0.717, 1.165) is 41.4 Å². The second kappa shape index (κ2) is 7.68. The van der Waals surface area contributed by atoms with Gasteiger partial charge in [0.15, 0.2) is 5.82 Å². The van der Waals surface area contributed by atoms with Gasteiger partial charge in [0.25, 0.3) is 5.56 Å². The second-order valence-corrected chi connectivity index (χ2v) is 7.53. The summed E-state index contributed by atoms with van der Waals surface area (Å²) in [4.78, 5) is 31.4. The highest BCUT2D eigenvalue weighted by Gasteiger charge is 2.22. The maximum atomic E-state index is 12.6. The Morgan fingerprint density at radius 2 is 1.97 bits per heavy atom. The third-order valence-electron chi connectivity index (χ3n) is 5.49. The highest BCUT2D eigenvalue weighted by molar-refractivity contribution is 5.49. The van der Waals surface area contributed by atoms with E-state index in [4.69, 9.17) is 4.98 Å². The highest BCUT2D eigenvalue weighted by Crippen LogP contribution is 2.21. The van der Waals surface area contributed by atoms with Crippen LogP contribution in [0.15, 0.2) is 65.8 Å². The molecule has 1 aliphatic heterocycles. The predicted octanol–water partition coefficient (Wildman–Crippen LogP) is 2.88. The number of hydrogen-bond donors (Lipinski definition) is 1. The van der Waals surface area contributed by atoms with Gasteiger partial charge in [0.2, 0.25) is 0 Å². The van der Waals surface area contributed by atoms with Crippen molar-refractivity contribution in [2.24, 2.45) is 0 Å². The molecule has 4 aromatic heterocycles. The lowest BCUT2D eigenvalue weighted by molar-refractivity contribution is 0.236. The maximum absolute atomic E-state index is 12.6. The summed E-state index contributed by atoms with van der Waals surface area (Å²) in [6.45, 7) is 4.27. The van der Waals surface area contributed by atoms with E-state index in [1.165, 1.54) is 0 Å². The molecule has 0 amide bonds. The van der Waals surface area contributed by atoms with E-state index in [-0.39, 0.29) is 5.56 Å².